The Labute approximate surface area is 115 Å². The third-order valence-electron chi connectivity index (χ3n) is 1.83. The van der Waals surface area contributed by atoms with Crippen molar-refractivity contribution in [2.45, 2.75) is 23.2 Å². The summed E-state index contributed by atoms with van der Waals surface area (Å²) in [4.78, 5) is 0.234. The van der Waals surface area contributed by atoms with Crippen LogP contribution >= 0.6 is 46.0 Å². The van der Waals surface area contributed by atoms with Crippen LogP contribution in [-0.4, -0.2) is 11.4 Å². The van der Waals surface area contributed by atoms with Crippen LogP contribution in [0.4, 0.5) is 13.2 Å². The van der Waals surface area contributed by atoms with Crippen LogP contribution in [0.15, 0.2) is 23.1 Å². The fourth-order valence-electron chi connectivity index (χ4n) is 1.20. The molecule has 0 fully saturated rings. The average Bonchev–Trinajstić information content (AvgIpc) is 2.17. The highest BCUT2D eigenvalue weighted by Crippen LogP contribution is 2.37. The molecule has 0 aliphatic carbocycles. The van der Waals surface area contributed by atoms with Crippen LogP contribution in [0.2, 0.25) is 0 Å². The summed E-state index contributed by atoms with van der Waals surface area (Å²) < 4.78 is 37.5. The van der Waals surface area contributed by atoms with Gasteiger partial charge in [-0.3, -0.25) is 0 Å². The second-order valence-electron chi connectivity index (χ2n) is 3.09. The highest BCUT2D eigenvalue weighted by molar-refractivity contribution is 14.1. The van der Waals surface area contributed by atoms with Crippen LogP contribution in [-0.2, 0) is 6.42 Å². The van der Waals surface area contributed by atoms with Crippen LogP contribution < -0.4 is 0 Å². The molecule has 16 heavy (non-hydrogen) atoms. The third kappa shape index (κ3) is 5.14. The summed E-state index contributed by atoms with van der Waals surface area (Å²) in [6.07, 6.45) is 1.49. The van der Waals surface area contributed by atoms with E-state index >= 15 is 0 Å². The van der Waals surface area contributed by atoms with Gasteiger partial charge in [0.1, 0.15) is 0 Å². The molecular formula is C10H9ClF3IS. The van der Waals surface area contributed by atoms with E-state index in [-0.39, 0.29) is 16.7 Å². The van der Waals surface area contributed by atoms with Crippen molar-refractivity contribution < 1.29 is 13.2 Å². The van der Waals surface area contributed by atoms with E-state index in [1.54, 1.807) is 12.1 Å². The first-order valence-electron chi connectivity index (χ1n) is 4.52. The van der Waals surface area contributed by atoms with Crippen molar-refractivity contribution in [1.82, 2.24) is 0 Å². The summed E-state index contributed by atoms with van der Waals surface area (Å²) in [5.74, 6) is 0.521. The van der Waals surface area contributed by atoms with Crippen molar-refractivity contribution in [1.29, 1.82) is 0 Å². The van der Waals surface area contributed by atoms with E-state index in [2.05, 4.69) is 22.6 Å². The van der Waals surface area contributed by atoms with Crippen LogP contribution in [0.1, 0.15) is 12.0 Å². The van der Waals surface area contributed by atoms with E-state index in [0.717, 1.165) is 15.6 Å². The van der Waals surface area contributed by atoms with Gasteiger partial charge in [0.05, 0.1) is 0 Å². The molecule has 0 atom stereocenters. The highest BCUT2D eigenvalue weighted by atomic mass is 127. The lowest BCUT2D eigenvalue weighted by Gasteiger charge is -2.09. The van der Waals surface area contributed by atoms with Crippen molar-refractivity contribution in [3.63, 3.8) is 0 Å². The molecular weight excluding hydrogens is 372 g/mol. The minimum absolute atomic E-state index is 0.0793. The monoisotopic (exact) mass is 380 g/mol. The fraction of sp³-hybridized carbons (Fsp3) is 0.400. The summed E-state index contributed by atoms with van der Waals surface area (Å²) >= 11 is 7.60. The topological polar surface area (TPSA) is 0 Å². The molecule has 0 amide bonds. The van der Waals surface area contributed by atoms with Gasteiger partial charge in [0.25, 0.3) is 0 Å². The van der Waals surface area contributed by atoms with E-state index in [9.17, 15) is 13.2 Å². The second-order valence-corrected chi connectivity index (χ2v) is 5.77. The molecule has 1 rings (SSSR count). The molecule has 1 aromatic rings. The predicted octanol–water partition coefficient (Wildman–Crippen LogP) is 5.07. The zero-order valence-corrected chi connectivity index (χ0v) is 11.9. The van der Waals surface area contributed by atoms with Gasteiger partial charge in [-0.25, -0.2) is 0 Å². The number of rotatable bonds is 4. The Morgan fingerprint density at radius 3 is 2.56 bits per heavy atom. The van der Waals surface area contributed by atoms with Gasteiger partial charge < -0.3 is 0 Å². The van der Waals surface area contributed by atoms with Gasteiger partial charge >= 0.3 is 5.51 Å². The number of halogens is 5. The van der Waals surface area contributed by atoms with Crippen LogP contribution in [0, 0.1) is 3.57 Å². The predicted molar refractivity (Wildman–Crippen MR) is 70.1 cm³/mol. The normalized spacial score (nSPS) is 11.8. The molecule has 90 valence electrons. The van der Waals surface area contributed by atoms with Gasteiger partial charge in [-0.1, -0.05) is 0 Å². The van der Waals surface area contributed by atoms with Crippen molar-refractivity contribution >= 4 is 46.0 Å². The van der Waals surface area contributed by atoms with E-state index in [1.807, 2.05) is 0 Å². The molecule has 0 heterocycles. The van der Waals surface area contributed by atoms with E-state index < -0.39 is 5.51 Å². The zero-order valence-electron chi connectivity index (χ0n) is 8.15. The summed E-state index contributed by atoms with van der Waals surface area (Å²) in [7, 11) is 0. The van der Waals surface area contributed by atoms with Crippen molar-refractivity contribution in [2.75, 3.05) is 5.88 Å². The van der Waals surface area contributed by atoms with E-state index in [0.29, 0.717) is 12.3 Å². The minimum atomic E-state index is -4.23. The van der Waals surface area contributed by atoms with E-state index in [4.69, 9.17) is 11.6 Å². The molecule has 0 unspecified atom stereocenters. The number of hydrogen-bond donors (Lipinski definition) is 0. The average molecular weight is 381 g/mol. The number of benzene rings is 1. The molecule has 0 nitrogen and oxygen atoms in total. The maximum Gasteiger partial charge on any atom is 0.446 e. The standard InChI is InChI=1S/C10H9ClF3IS/c11-5-1-2-7-6-8(3-4-9(7)15)16-10(12,13)14/h3-4,6H,1-2,5H2. The van der Waals surface area contributed by atoms with Gasteiger partial charge in [-0.2, -0.15) is 13.2 Å². The molecule has 0 saturated heterocycles. The van der Waals surface area contributed by atoms with Gasteiger partial charge in [0.2, 0.25) is 0 Å². The Morgan fingerprint density at radius 2 is 2.00 bits per heavy atom. The lowest BCUT2D eigenvalue weighted by Crippen LogP contribution is -2.00. The number of aryl methyl sites for hydroxylation is 1. The summed E-state index contributed by atoms with van der Waals surface area (Å²) in [6.45, 7) is 0. The van der Waals surface area contributed by atoms with Gasteiger partial charge in [-0.05, 0) is 71.0 Å². The lowest BCUT2D eigenvalue weighted by atomic mass is 10.1. The van der Waals surface area contributed by atoms with Crippen LogP contribution in [0.3, 0.4) is 0 Å². The van der Waals surface area contributed by atoms with Crippen LogP contribution in [0.25, 0.3) is 0 Å². The fourth-order valence-corrected chi connectivity index (χ4v) is 2.54. The van der Waals surface area contributed by atoms with E-state index in [1.165, 1.54) is 6.07 Å². The molecule has 0 N–H and O–H groups in total. The first-order chi connectivity index (χ1) is 7.42. The maximum absolute atomic E-state index is 12.2. The molecule has 0 radical (unpaired) electrons. The Kier molecular flexibility index (Phi) is 5.73. The Hall–Kier alpha value is 0.380. The molecule has 1 aromatic carbocycles. The third-order valence-corrected chi connectivity index (χ3v) is 3.87. The molecule has 0 spiro atoms. The number of alkyl halides is 4. The summed E-state index contributed by atoms with van der Waals surface area (Å²) in [6, 6.07) is 4.79. The molecule has 6 heteroatoms. The zero-order chi connectivity index (χ0) is 12.2. The highest BCUT2D eigenvalue weighted by Gasteiger charge is 2.29. The largest absolute Gasteiger partial charge is 0.446 e. The van der Waals surface area contributed by atoms with Crippen molar-refractivity contribution in [3.8, 4) is 0 Å². The molecule has 0 aromatic heterocycles. The Bertz CT molecular complexity index is 354. The molecule has 0 bridgehead atoms. The maximum atomic E-state index is 12.2. The minimum Gasteiger partial charge on any atom is -0.160 e. The smallest absolute Gasteiger partial charge is 0.160 e. The summed E-state index contributed by atoms with van der Waals surface area (Å²) in [5, 5.41) is 0. The first-order valence-corrected chi connectivity index (χ1v) is 6.95. The molecule has 0 saturated carbocycles. The van der Waals surface area contributed by atoms with Gasteiger partial charge in [0.15, 0.2) is 0 Å². The number of hydrogen-bond acceptors (Lipinski definition) is 1. The first kappa shape index (κ1) is 14.4. The van der Waals surface area contributed by atoms with Crippen molar-refractivity contribution in [2.24, 2.45) is 0 Å². The summed E-state index contributed by atoms with van der Waals surface area (Å²) in [5.41, 5.74) is -3.30. The number of thioether (sulfide) groups is 1. The lowest BCUT2D eigenvalue weighted by molar-refractivity contribution is -0.0328. The van der Waals surface area contributed by atoms with Crippen LogP contribution in [0.5, 0.6) is 0 Å². The Morgan fingerprint density at radius 1 is 1.31 bits per heavy atom. The molecule has 0 aliphatic heterocycles. The van der Waals surface area contributed by atoms with Crippen molar-refractivity contribution in [3.05, 3.63) is 27.3 Å². The molecule has 0 aliphatic rings. The second kappa shape index (κ2) is 6.35. The Balaban J connectivity index is 2.81. The quantitative estimate of drug-likeness (QED) is 0.399. The van der Waals surface area contributed by atoms with Gasteiger partial charge in [-0.15, -0.1) is 11.6 Å². The van der Waals surface area contributed by atoms with Gasteiger partial charge in [0, 0.05) is 14.3 Å². The SMILES string of the molecule is FC(F)(F)Sc1ccc(I)c(CCCCl)c1.